The molecule has 0 unspecified atom stereocenters. The van der Waals surface area contributed by atoms with E-state index in [1.807, 2.05) is 68.4 Å². The molecule has 5 nitrogen and oxygen atoms in total. The molecule has 0 saturated heterocycles. The van der Waals surface area contributed by atoms with Crippen molar-refractivity contribution in [1.29, 1.82) is 0 Å². The summed E-state index contributed by atoms with van der Waals surface area (Å²) in [7, 11) is 0. The highest BCUT2D eigenvalue weighted by Crippen LogP contribution is 2.37. The van der Waals surface area contributed by atoms with Crippen LogP contribution in [0.4, 0.5) is 11.4 Å². The van der Waals surface area contributed by atoms with Crippen molar-refractivity contribution in [1.82, 2.24) is 0 Å². The van der Waals surface area contributed by atoms with E-state index in [9.17, 15) is 9.59 Å². The summed E-state index contributed by atoms with van der Waals surface area (Å²) in [5.41, 5.74) is 10.7. The summed E-state index contributed by atoms with van der Waals surface area (Å²) in [5, 5.41) is 4.31. The maximum absolute atomic E-state index is 12.9. The first-order chi connectivity index (χ1) is 16.3. The summed E-state index contributed by atoms with van der Waals surface area (Å²) >= 11 is 0. The number of hydrogen-bond donors (Lipinski definition) is 2. The number of hydrogen-bond acceptors (Lipinski definition) is 4. The molecule has 34 heavy (non-hydrogen) atoms. The number of fused-ring (bicyclic) bond motifs is 1. The summed E-state index contributed by atoms with van der Waals surface area (Å²) < 4.78 is 5.66. The number of benzene rings is 3. The lowest BCUT2D eigenvalue weighted by atomic mass is 9.98. The number of rotatable bonds is 9. The number of nitrogens with one attached hydrogen (secondary N) is 1. The molecule has 0 aromatic heterocycles. The summed E-state index contributed by atoms with van der Waals surface area (Å²) in [6.45, 7) is 11.9. The Kier molecular flexibility index (Phi) is 8.04. The van der Waals surface area contributed by atoms with Crippen LogP contribution in [0, 0.1) is 0 Å². The molecule has 3 rings (SSSR count). The van der Waals surface area contributed by atoms with Crippen LogP contribution < -0.4 is 15.8 Å². The lowest BCUT2D eigenvalue weighted by Gasteiger charge is -2.16. The number of nitrogens with two attached hydrogens (primary N) is 1. The van der Waals surface area contributed by atoms with Gasteiger partial charge in [0.2, 0.25) is 5.91 Å². The lowest BCUT2D eigenvalue weighted by Crippen LogP contribution is -2.15. The van der Waals surface area contributed by atoms with Gasteiger partial charge in [-0.3, -0.25) is 9.59 Å². The molecular formula is C29H30N2O3. The first-order valence-electron chi connectivity index (χ1n) is 11.2. The molecule has 0 fully saturated rings. The van der Waals surface area contributed by atoms with Gasteiger partial charge in [-0.1, -0.05) is 86.3 Å². The van der Waals surface area contributed by atoms with Crippen molar-refractivity contribution in [2.75, 3.05) is 11.1 Å². The molecule has 3 aromatic carbocycles. The van der Waals surface area contributed by atoms with E-state index < -0.39 is 0 Å². The second-order valence-corrected chi connectivity index (χ2v) is 8.06. The zero-order chi connectivity index (χ0) is 24.7. The number of anilines is 2. The van der Waals surface area contributed by atoms with E-state index in [2.05, 4.69) is 18.5 Å². The van der Waals surface area contributed by atoms with Gasteiger partial charge < -0.3 is 15.8 Å². The van der Waals surface area contributed by atoms with Gasteiger partial charge >= 0.3 is 5.97 Å². The fraction of sp³-hybridized carbons (Fsp3) is 0.172. The second-order valence-electron chi connectivity index (χ2n) is 8.06. The molecule has 0 aliphatic heterocycles. The maximum atomic E-state index is 12.9. The molecule has 0 atom stereocenters. The van der Waals surface area contributed by atoms with E-state index in [1.54, 1.807) is 12.1 Å². The van der Waals surface area contributed by atoms with Crippen LogP contribution in [0.25, 0.3) is 10.8 Å². The molecule has 5 heteroatoms. The van der Waals surface area contributed by atoms with Crippen molar-refractivity contribution >= 4 is 34.0 Å². The zero-order valence-corrected chi connectivity index (χ0v) is 19.7. The van der Waals surface area contributed by atoms with Crippen molar-refractivity contribution < 1.29 is 14.3 Å². The van der Waals surface area contributed by atoms with Gasteiger partial charge in [0.05, 0.1) is 24.2 Å². The third-order valence-electron chi connectivity index (χ3n) is 5.75. The Bertz CT molecular complexity index is 1270. The molecule has 0 aliphatic carbocycles. The van der Waals surface area contributed by atoms with Crippen LogP contribution in [-0.2, 0) is 16.0 Å². The van der Waals surface area contributed by atoms with Crippen LogP contribution in [0.3, 0.4) is 0 Å². The van der Waals surface area contributed by atoms with E-state index in [1.165, 1.54) is 0 Å². The molecule has 0 saturated carbocycles. The normalized spacial score (nSPS) is 11.5. The third-order valence-corrected chi connectivity index (χ3v) is 5.75. The van der Waals surface area contributed by atoms with E-state index in [-0.39, 0.29) is 24.7 Å². The number of carbonyl (C=O) groups is 2. The van der Waals surface area contributed by atoms with Gasteiger partial charge in [0, 0.05) is 16.8 Å². The molecule has 0 spiro atoms. The highest BCUT2D eigenvalue weighted by atomic mass is 16.5. The number of nitrogen functional groups attached to an aromatic ring is 1. The van der Waals surface area contributed by atoms with Gasteiger partial charge in [-0.15, -0.1) is 0 Å². The number of ether oxygens (including phenoxy) is 1. The quantitative estimate of drug-likeness (QED) is 0.170. The monoisotopic (exact) mass is 454 g/mol. The highest BCUT2D eigenvalue weighted by molar-refractivity contribution is 6.09. The SMILES string of the molecule is C=CC(CC(=O)Nc1c(N)cc(OC(=O)Cc2ccccc2)c2ccccc12)=C(C)C(=C)CC. The minimum Gasteiger partial charge on any atom is -0.426 e. The van der Waals surface area contributed by atoms with Gasteiger partial charge in [-0.2, -0.15) is 0 Å². The number of amides is 1. The van der Waals surface area contributed by atoms with Gasteiger partial charge in [0.15, 0.2) is 0 Å². The van der Waals surface area contributed by atoms with E-state index >= 15 is 0 Å². The molecule has 1 amide bonds. The molecule has 0 heterocycles. The highest BCUT2D eigenvalue weighted by Gasteiger charge is 2.17. The Morgan fingerprint density at radius 1 is 1.06 bits per heavy atom. The predicted molar refractivity (Wildman–Crippen MR) is 140 cm³/mol. The number of esters is 1. The first kappa shape index (κ1) is 24.5. The summed E-state index contributed by atoms with van der Waals surface area (Å²) in [5.74, 6) is -0.252. The zero-order valence-electron chi connectivity index (χ0n) is 19.7. The van der Waals surface area contributed by atoms with Crippen LogP contribution in [0.5, 0.6) is 5.75 Å². The molecule has 3 aromatic rings. The minimum absolute atomic E-state index is 0.145. The van der Waals surface area contributed by atoms with E-state index in [0.29, 0.717) is 27.9 Å². The van der Waals surface area contributed by atoms with Gasteiger partial charge in [0.25, 0.3) is 0 Å². The Hall–Kier alpha value is -4.12. The fourth-order valence-electron chi connectivity index (χ4n) is 3.71. The van der Waals surface area contributed by atoms with Gasteiger partial charge in [-0.25, -0.2) is 0 Å². The smallest absolute Gasteiger partial charge is 0.315 e. The van der Waals surface area contributed by atoms with Crippen molar-refractivity contribution in [2.45, 2.75) is 33.1 Å². The van der Waals surface area contributed by atoms with Crippen molar-refractivity contribution in [2.24, 2.45) is 0 Å². The minimum atomic E-state index is -0.389. The standard InChI is InChI=1S/C29H30N2O3/c1-5-19(3)20(4)22(6-2)17-27(32)31-29-24-15-11-10-14-23(24)26(18-25(29)30)34-28(33)16-21-12-8-7-9-13-21/h6-15,18H,2-3,5,16-17,30H2,1,4H3,(H,31,32). The fourth-order valence-corrected chi connectivity index (χ4v) is 3.71. The van der Waals surface area contributed by atoms with Gasteiger partial charge in [-0.05, 0) is 30.1 Å². The van der Waals surface area contributed by atoms with E-state index in [0.717, 1.165) is 28.7 Å². The Balaban J connectivity index is 1.87. The second kappa shape index (κ2) is 11.1. The Morgan fingerprint density at radius 3 is 2.35 bits per heavy atom. The van der Waals surface area contributed by atoms with Crippen molar-refractivity contribution in [3.8, 4) is 5.75 Å². The molecule has 3 N–H and O–H groups in total. The molecule has 0 radical (unpaired) electrons. The largest absolute Gasteiger partial charge is 0.426 e. The lowest BCUT2D eigenvalue weighted by molar-refractivity contribution is -0.133. The Morgan fingerprint density at radius 2 is 1.71 bits per heavy atom. The topological polar surface area (TPSA) is 81.4 Å². The van der Waals surface area contributed by atoms with Crippen LogP contribution in [-0.4, -0.2) is 11.9 Å². The van der Waals surface area contributed by atoms with E-state index in [4.69, 9.17) is 10.5 Å². The average Bonchev–Trinajstić information content (AvgIpc) is 2.84. The summed E-state index contributed by atoms with van der Waals surface area (Å²) in [6.07, 6.45) is 2.78. The van der Waals surface area contributed by atoms with Crippen LogP contribution >= 0.6 is 0 Å². The molecule has 174 valence electrons. The van der Waals surface area contributed by atoms with Crippen LogP contribution in [0.15, 0.2) is 96.6 Å². The maximum Gasteiger partial charge on any atom is 0.315 e. The van der Waals surface area contributed by atoms with Gasteiger partial charge in [0.1, 0.15) is 5.75 Å². The first-order valence-corrected chi connectivity index (χ1v) is 11.2. The Labute approximate surface area is 200 Å². The summed E-state index contributed by atoms with van der Waals surface area (Å²) in [6, 6.07) is 18.3. The van der Waals surface area contributed by atoms with Crippen molar-refractivity contribution in [3.05, 3.63) is 102 Å². The third kappa shape index (κ3) is 5.81. The number of carbonyl (C=O) groups excluding carboxylic acids is 2. The summed E-state index contributed by atoms with van der Waals surface area (Å²) in [4.78, 5) is 25.4. The molecular weight excluding hydrogens is 424 g/mol. The molecule has 0 aliphatic rings. The predicted octanol–water partition coefficient (Wildman–Crippen LogP) is 6.37. The average molecular weight is 455 g/mol. The van der Waals surface area contributed by atoms with Crippen molar-refractivity contribution in [3.63, 3.8) is 0 Å². The van der Waals surface area contributed by atoms with Crippen LogP contribution in [0.1, 0.15) is 32.3 Å². The van der Waals surface area contributed by atoms with Crippen LogP contribution in [0.2, 0.25) is 0 Å². The number of allylic oxidation sites excluding steroid dienone is 3. The molecule has 0 bridgehead atoms.